The first-order valence-electron chi connectivity index (χ1n) is 2.15. The lowest BCUT2D eigenvalue weighted by Gasteiger charge is -1.89. The zero-order chi connectivity index (χ0) is 4.41. The number of hydrogen-bond donors (Lipinski definition) is 1. The van der Waals surface area contributed by atoms with Crippen LogP contribution in [0.3, 0.4) is 0 Å². The smallest absolute Gasteiger partial charge is 0.0795 e. The zero-order valence-electron chi connectivity index (χ0n) is 3.55. The highest BCUT2D eigenvalue weighted by atomic mass is 16.5. The maximum absolute atomic E-state index is 8.60. The number of aliphatic hydroxyl groups excluding tert-OH is 1. The van der Waals surface area contributed by atoms with Crippen molar-refractivity contribution in [3.8, 4) is 0 Å². The summed E-state index contributed by atoms with van der Waals surface area (Å²) in [4.78, 5) is 0. The van der Waals surface area contributed by atoms with Gasteiger partial charge in [0, 0.05) is 6.61 Å². The Morgan fingerprint density at radius 2 is 2.29 bits per heavy atom. The van der Waals surface area contributed by atoms with Gasteiger partial charge in [-0.15, -0.1) is 0 Å². The topological polar surface area (TPSA) is 29.5 Å². The van der Waals surface area contributed by atoms with Crippen LogP contribution in [0.4, 0.5) is 0 Å². The highest BCUT2D eigenvalue weighted by Crippen LogP contribution is 2.00. The maximum atomic E-state index is 8.60. The summed E-state index contributed by atoms with van der Waals surface area (Å²) in [7, 11) is 0. The van der Waals surface area contributed by atoms with Crippen molar-refractivity contribution in [2.24, 2.45) is 0 Å². The Kier molecular flexibility index (Phi) is 2.96. The van der Waals surface area contributed by atoms with E-state index in [1.807, 2.05) is 0 Å². The number of aliphatic hydroxyl groups is 1. The molecule has 1 heterocycles. The van der Waals surface area contributed by atoms with Gasteiger partial charge in [0.2, 0.25) is 0 Å². The van der Waals surface area contributed by atoms with Crippen LogP contribution in [0.15, 0.2) is 0 Å². The van der Waals surface area contributed by atoms with E-state index in [-0.39, 0.29) is 13.5 Å². The summed E-state index contributed by atoms with van der Waals surface area (Å²) in [5.74, 6) is 0. The van der Waals surface area contributed by atoms with E-state index < -0.39 is 0 Å². The van der Waals surface area contributed by atoms with Gasteiger partial charge in [0.1, 0.15) is 0 Å². The van der Waals surface area contributed by atoms with E-state index in [9.17, 15) is 0 Å². The number of hydrogen-bond acceptors (Lipinski definition) is 2. The molecule has 1 atom stereocenters. The molecule has 1 rings (SSSR count). The van der Waals surface area contributed by atoms with Gasteiger partial charge in [0.15, 0.2) is 0 Å². The van der Waals surface area contributed by atoms with Gasteiger partial charge in [-0.05, 0) is 6.42 Å². The van der Waals surface area contributed by atoms with Gasteiger partial charge in [-0.2, -0.15) is 0 Å². The Bertz CT molecular complexity index is 39.3. The van der Waals surface area contributed by atoms with Crippen molar-refractivity contribution in [3.05, 3.63) is 0 Å². The van der Waals surface area contributed by atoms with Gasteiger partial charge >= 0.3 is 0 Å². The summed E-state index contributed by atoms with van der Waals surface area (Å²) in [5.41, 5.74) is 0. The van der Waals surface area contributed by atoms with Crippen molar-refractivity contribution in [3.63, 3.8) is 0 Å². The fraction of sp³-hybridized carbons (Fsp3) is 1.00. The highest BCUT2D eigenvalue weighted by molar-refractivity contribution is 4.58. The van der Waals surface area contributed by atoms with Crippen LogP contribution in [0.25, 0.3) is 0 Å². The molecule has 2 heteroatoms. The van der Waals surface area contributed by atoms with E-state index in [4.69, 9.17) is 9.84 Å². The zero-order valence-corrected chi connectivity index (χ0v) is 3.55. The van der Waals surface area contributed by atoms with Gasteiger partial charge in [-0.25, -0.2) is 0 Å². The molecular weight excluding hydrogens is 92.1 g/mol. The third-order valence-corrected chi connectivity index (χ3v) is 0.906. The van der Waals surface area contributed by atoms with Crippen LogP contribution in [0.2, 0.25) is 0 Å². The molecule has 0 aliphatic carbocycles. The Morgan fingerprint density at radius 1 is 1.57 bits per heavy atom. The summed E-state index contributed by atoms with van der Waals surface area (Å²) in [6.07, 6.45) is 0.644. The summed E-state index contributed by atoms with van der Waals surface area (Å²) >= 11 is 0. The summed E-state index contributed by atoms with van der Waals surface area (Å²) < 4.78 is 4.81. The summed E-state index contributed by atoms with van der Waals surface area (Å²) in [6, 6.07) is 0. The molecule has 0 aromatic carbocycles. The van der Waals surface area contributed by atoms with Crippen molar-refractivity contribution in [2.45, 2.75) is 20.0 Å². The molecular formula is C5H12O2. The normalized spacial score (nSPS) is 29.6. The largest absolute Gasteiger partial charge is 0.391 e. The van der Waals surface area contributed by atoms with Crippen LogP contribution in [0, 0.1) is 0 Å². The van der Waals surface area contributed by atoms with Gasteiger partial charge in [-0.1, -0.05) is 7.43 Å². The van der Waals surface area contributed by atoms with E-state index >= 15 is 0 Å². The van der Waals surface area contributed by atoms with Gasteiger partial charge < -0.3 is 9.84 Å². The Labute approximate surface area is 44.1 Å². The third kappa shape index (κ3) is 1.90. The van der Waals surface area contributed by atoms with E-state index in [2.05, 4.69) is 0 Å². The molecule has 0 bridgehead atoms. The first-order valence-corrected chi connectivity index (χ1v) is 2.15. The molecule has 1 unspecified atom stereocenters. The lowest BCUT2D eigenvalue weighted by molar-refractivity contribution is 0.127. The van der Waals surface area contributed by atoms with Gasteiger partial charge in [-0.3, -0.25) is 0 Å². The second kappa shape index (κ2) is 2.99. The van der Waals surface area contributed by atoms with E-state index in [0.717, 1.165) is 13.0 Å². The minimum atomic E-state index is -0.176. The highest BCUT2D eigenvalue weighted by Gasteiger charge is 2.09. The van der Waals surface area contributed by atoms with Crippen molar-refractivity contribution < 1.29 is 9.84 Å². The van der Waals surface area contributed by atoms with Crippen LogP contribution in [0.1, 0.15) is 13.8 Å². The van der Waals surface area contributed by atoms with Gasteiger partial charge in [0.25, 0.3) is 0 Å². The van der Waals surface area contributed by atoms with E-state index in [0.29, 0.717) is 6.61 Å². The minimum absolute atomic E-state index is 0. The molecule has 7 heavy (non-hydrogen) atoms. The van der Waals surface area contributed by atoms with Gasteiger partial charge in [0.05, 0.1) is 12.7 Å². The molecule has 1 aliphatic heterocycles. The average Bonchev–Trinajstić information content (AvgIpc) is 1.86. The molecule has 1 aliphatic rings. The molecule has 1 fully saturated rings. The molecule has 0 aromatic rings. The average molecular weight is 104 g/mol. The molecule has 1 N–H and O–H groups in total. The second-order valence-corrected chi connectivity index (χ2v) is 1.52. The van der Waals surface area contributed by atoms with Crippen LogP contribution in [0.5, 0.6) is 0 Å². The number of ether oxygens (including phenoxy) is 1. The van der Waals surface area contributed by atoms with Crippen LogP contribution >= 0.6 is 0 Å². The predicted molar refractivity (Wildman–Crippen MR) is 28.2 cm³/mol. The Balaban J connectivity index is 0.000000360. The summed E-state index contributed by atoms with van der Waals surface area (Å²) in [6.45, 7) is 1.28. The van der Waals surface area contributed by atoms with Crippen LogP contribution in [-0.4, -0.2) is 24.4 Å². The molecule has 44 valence electrons. The maximum Gasteiger partial charge on any atom is 0.0795 e. The minimum Gasteiger partial charge on any atom is -0.391 e. The predicted octanol–water partition coefficient (Wildman–Crippen LogP) is 0.404. The standard InChI is InChI=1S/C4H8O2.CH4/c5-4-1-2-6-3-4;/h4-5H,1-3H2;1H4. The quantitative estimate of drug-likeness (QED) is 0.482. The SMILES string of the molecule is C.OC1CCOC1. The molecule has 0 spiro atoms. The van der Waals surface area contributed by atoms with Crippen LogP contribution < -0.4 is 0 Å². The molecule has 0 aromatic heterocycles. The van der Waals surface area contributed by atoms with Crippen molar-refractivity contribution in [1.82, 2.24) is 0 Å². The van der Waals surface area contributed by atoms with Crippen LogP contribution in [-0.2, 0) is 4.74 Å². The number of rotatable bonds is 0. The molecule has 2 nitrogen and oxygen atoms in total. The first-order chi connectivity index (χ1) is 2.89. The van der Waals surface area contributed by atoms with Crippen molar-refractivity contribution >= 4 is 0 Å². The Hall–Kier alpha value is -0.0800. The van der Waals surface area contributed by atoms with Crippen molar-refractivity contribution in [1.29, 1.82) is 0 Å². The van der Waals surface area contributed by atoms with E-state index in [1.54, 1.807) is 0 Å². The molecule has 1 saturated heterocycles. The molecule has 0 saturated carbocycles. The molecule has 0 radical (unpaired) electrons. The summed E-state index contributed by atoms with van der Waals surface area (Å²) in [5, 5.41) is 8.60. The third-order valence-electron chi connectivity index (χ3n) is 0.906. The van der Waals surface area contributed by atoms with Crippen molar-refractivity contribution in [2.75, 3.05) is 13.2 Å². The monoisotopic (exact) mass is 104 g/mol. The fourth-order valence-electron chi connectivity index (χ4n) is 0.522. The van der Waals surface area contributed by atoms with E-state index in [1.165, 1.54) is 0 Å². The second-order valence-electron chi connectivity index (χ2n) is 1.52. The molecule has 0 amide bonds. The Morgan fingerprint density at radius 3 is 2.43 bits per heavy atom. The lowest BCUT2D eigenvalue weighted by atomic mass is 10.3. The fourth-order valence-corrected chi connectivity index (χ4v) is 0.522. The first kappa shape index (κ1) is 6.92. The lowest BCUT2D eigenvalue weighted by Crippen LogP contribution is -2.02.